The Kier molecular flexibility index (Phi) is 4.05. The van der Waals surface area contributed by atoms with E-state index in [1.165, 1.54) is 0 Å². The third-order valence-electron chi connectivity index (χ3n) is 4.34. The van der Waals surface area contributed by atoms with E-state index in [0.717, 1.165) is 56.8 Å². The monoisotopic (exact) mass is 277 g/mol. The van der Waals surface area contributed by atoms with Gasteiger partial charge >= 0.3 is 0 Å². The summed E-state index contributed by atoms with van der Waals surface area (Å²) in [4.78, 5) is 14.4. The molecule has 3 heterocycles. The largest absolute Gasteiger partial charge is 0.378 e. The topological polar surface area (TPSA) is 58.2 Å². The molecule has 5 nitrogen and oxygen atoms in total. The summed E-state index contributed by atoms with van der Waals surface area (Å²) in [6, 6.07) is 2.10. The number of hydrogen-bond acceptors (Lipinski definition) is 3. The lowest BCUT2D eigenvalue weighted by Crippen LogP contribution is -2.40. The van der Waals surface area contributed by atoms with Crippen molar-refractivity contribution in [1.82, 2.24) is 15.1 Å². The van der Waals surface area contributed by atoms with Gasteiger partial charge in [-0.25, -0.2) is 0 Å². The van der Waals surface area contributed by atoms with Crippen LogP contribution in [-0.4, -0.2) is 46.8 Å². The Hall–Kier alpha value is -1.36. The van der Waals surface area contributed by atoms with Crippen LogP contribution in [0.2, 0.25) is 0 Å². The van der Waals surface area contributed by atoms with Gasteiger partial charge in [0.2, 0.25) is 5.91 Å². The fourth-order valence-electron chi connectivity index (χ4n) is 3.22. The third-order valence-corrected chi connectivity index (χ3v) is 4.34. The van der Waals surface area contributed by atoms with Crippen molar-refractivity contribution in [3.05, 3.63) is 17.5 Å². The smallest absolute Gasteiger partial charge is 0.225 e. The molecule has 2 fully saturated rings. The molecule has 1 aromatic rings. The van der Waals surface area contributed by atoms with Crippen LogP contribution in [0.5, 0.6) is 0 Å². The van der Waals surface area contributed by atoms with E-state index in [-0.39, 0.29) is 12.0 Å². The van der Waals surface area contributed by atoms with Crippen LogP contribution in [0, 0.1) is 6.92 Å². The van der Waals surface area contributed by atoms with Crippen molar-refractivity contribution < 1.29 is 9.53 Å². The molecule has 5 heteroatoms. The second-order valence-corrected chi connectivity index (χ2v) is 5.99. The summed E-state index contributed by atoms with van der Waals surface area (Å²) in [6.45, 7) is 4.51. The van der Waals surface area contributed by atoms with Gasteiger partial charge in [-0.3, -0.25) is 9.89 Å². The number of ether oxygens (including phenoxy) is 1. The van der Waals surface area contributed by atoms with Crippen LogP contribution in [-0.2, 0) is 9.53 Å². The van der Waals surface area contributed by atoms with Crippen molar-refractivity contribution in [1.29, 1.82) is 0 Å². The molecule has 110 valence electrons. The van der Waals surface area contributed by atoms with Gasteiger partial charge in [-0.15, -0.1) is 0 Å². The number of piperidine rings is 1. The zero-order valence-electron chi connectivity index (χ0n) is 12.1. The average molecular weight is 277 g/mol. The SMILES string of the molecule is Cc1cc(C2CCCN(C(=O)CC3CCCO3)C2)n[nH]1. The van der Waals surface area contributed by atoms with E-state index in [1.807, 2.05) is 11.8 Å². The van der Waals surface area contributed by atoms with Crippen molar-refractivity contribution in [2.75, 3.05) is 19.7 Å². The third kappa shape index (κ3) is 3.03. The molecule has 1 N–H and O–H groups in total. The van der Waals surface area contributed by atoms with E-state index in [9.17, 15) is 4.79 Å². The van der Waals surface area contributed by atoms with Crippen molar-refractivity contribution in [3.8, 4) is 0 Å². The van der Waals surface area contributed by atoms with Gasteiger partial charge in [-0.05, 0) is 38.7 Å². The van der Waals surface area contributed by atoms with Gasteiger partial charge in [-0.1, -0.05) is 0 Å². The van der Waals surface area contributed by atoms with E-state index in [2.05, 4.69) is 16.3 Å². The fourth-order valence-corrected chi connectivity index (χ4v) is 3.22. The molecule has 0 bridgehead atoms. The number of hydrogen-bond donors (Lipinski definition) is 1. The Morgan fingerprint density at radius 3 is 3.10 bits per heavy atom. The maximum atomic E-state index is 12.4. The summed E-state index contributed by atoms with van der Waals surface area (Å²) < 4.78 is 5.56. The van der Waals surface area contributed by atoms with Gasteiger partial charge in [0.25, 0.3) is 0 Å². The number of rotatable bonds is 3. The number of aromatic amines is 1. The number of aromatic nitrogens is 2. The first-order chi connectivity index (χ1) is 9.72. The minimum atomic E-state index is 0.149. The minimum absolute atomic E-state index is 0.149. The van der Waals surface area contributed by atoms with Crippen LogP contribution in [0.3, 0.4) is 0 Å². The number of amides is 1. The molecule has 2 aliphatic heterocycles. The lowest BCUT2D eigenvalue weighted by molar-refractivity contribution is -0.134. The first-order valence-electron chi connectivity index (χ1n) is 7.63. The van der Waals surface area contributed by atoms with Gasteiger partial charge < -0.3 is 9.64 Å². The summed E-state index contributed by atoms with van der Waals surface area (Å²) >= 11 is 0. The molecule has 1 aromatic heterocycles. The van der Waals surface area contributed by atoms with Crippen LogP contribution in [0.25, 0.3) is 0 Å². The normalized spacial score (nSPS) is 26.9. The van der Waals surface area contributed by atoms with Gasteiger partial charge in [0.05, 0.1) is 18.2 Å². The van der Waals surface area contributed by atoms with Crippen LogP contribution in [0.1, 0.15) is 49.4 Å². The molecule has 0 aliphatic carbocycles. The summed E-state index contributed by atoms with van der Waals surface area (Å²) in [6.07, 6.45) is 5.00. The summed E-state index contributed by atoms with van der Waals surface area (Å²) in [5, 5.41) is 7.34. The molecule has 0 saturated carbocycles. The second kappa shape index (κ2) is 5.95. The van der Waals surface area contributed by atoms with Gasteiger partial charge in [0.1, 0.15) is 0 Å². The number of carbonyl (C=O) groups is 1. The van der Waals surface area contributed by atoms with E-state index >= 15 is 0 Å². The average Bonchev–Trinajstić information content (AvgIpc) is 3.10. The van der Waals surface area contributed by atoms with Crippen molar-refractivity contribution in [2.24, 2.45) is 0 Å². The van der Waals surface area contributed by atoms with E-state index in [0.29, 0.717) is 12.3 Å². The van der Waals surface area contributed by atoms with E-state index in [1.54, 1.807) is 0 Å². The highest BCUT2D eigenvalue weighted by Crippen LogP contribution is 2.27. The Morgan fingerprint density at radius 2 is 2.40 bits per heavy atom. The van der Waals surface area contributed by atoms with Crippen LogP contribution < -0.4 is 0 Å². The van der Waals surface area contributed by atoms with Crippen molar-refractivity contribution in [3.63, 3.8) is 0 Å². The summed E-state index contributed by atoms with van der Waals surface area (Å²) in [5.74, 6) is 0.621. The molecular formula is C15H23N3O2. The Bertz CT molecular complexity index is 465. The summed E-state index contributed by atoms with van der Waals surface area (Å²) in [5.41, 5.74) is 2.18. The predicted molar refractivity (Wildman–Crippen MR) is 75.5 cm³/mol. The highest BCUT2D eigenvalue weighted by atomic mass is 16.5. The lowest BCUT2D eigenvalue weighted by atomic mass is 9.94. The first kappa shape index (κ1) is 13.6. The molecule has 3 rings (SSSR count). The fraction of sp³-hybridized carbons (Fsp3) is 0.733. The molecule has 2 saturated heterocycles. The molecule has 0 aromatic carbocycles. The van der Waals surface area contributed by atoms with E-state index in [4.69, 9.17) is 4.74 Å². The van der Waals surface area contributed by atoms with Gasteiger partial charge in [-0.2, -0.15) is 5.10 Å². The van der Waals surface area contributed by atoms with Crippen molar-refractivity contribution in [2.45, 2.75) is 51.0 Å². The number of likely N-dealkylation sites (tertiary alicyclic amines) is 1. The molecule has 20 heavy (non-hydrogen) atoms. The lowest BCUT2D eigenvalue weighted by Gasteiger charge is -2.32. The molecule has 0 spiro atoms. The predicted octanol–water partition coefficient (Wildman–Crippen LogP) is 1.99. The molecule has 0 radical (unpaired) electrons. The standard InChI is InChI=1S/C15H23N3O2/c1-11-8-14(17-16-11)12-4-2-6-18(10-12)15(19)9-13-5-3-7-20-13/h8,12-13H,2-7,9-10H2,1H3,(H,16,17). The quantitative estimate of drug-likeness (QED) is 0.919. The maximum Gasteiger partial charge on any atom is 0.225 e. The van der Waals surface area contributed by atoms with Crippen LogP contribution in [0.15, 0.2) is 6.07 Å². The number of nitrogens with one attached hydrogen (secondary N) is 1. The number of H-pyrrole nitrogens is 1. The highest BCUT2D eigenvalue weighted by Gasteiger charge is 2.28. The second-order valence-electron chi connectivity index (χ2n) is 5.99. The summed E-state index contributed by atoms with van der Waals surface area (Å²) in [7, 11) is 0. The number of nitrogens with zero attached hydrogens (tertiary/aromatic N) is 2. The van der Waals surface area contributed by atoms with Crippen LogP contribution >= 0.6 is 0 Å². The molecule has 2 atom stereocenters. The van der Waals surface area contributed by atoms with E-state index < -0.39 is 0 Å². The zero-order chi connectivity index (χ0) is 13.9. The highest BCUT2D eigenvalue weighted by molar-refractivity contribution is 5.77. The molecular weight excluding hydrogens is 254 g/mol. The Morgan fingerprint density at radius 1 is 1.50 bits per heavy atom. The number of aryl methyl sites for hydroxylation is 1. The zero-order valence-corrected chi connectivity index (χ0v) is 12.1. The maximum absolute atomic E-state index is 12.4. The van der Waals surface area contributed by atoms with Crippen molar-refractivity contribution >= 4 is 5.91 Å². The molecule has 1 amide bonds. The number of carbonyl (C=O) groups excluding carboxylic acids is 1. The van der Waals surface area contributed by atoms with Gasteiger partial charge in [0, 0.05) is 31.3 Å². The first-order valence-corrected chi connectivity index (χ1v) is 7.63. The minimum Gasteiger partial charge on any atom is -0.378 e. The Labute approximate surface area is 119 Å². The molecule has 2 aliphatic rings. The molecule has 2 unspecified atom stereocenters. The van der Waals surface area contributed by atoms with Crippen LogP contribution in [0.4, 0.5) is 0 Å². The van der Waals surface area contributed by atoms with Gasteiger partial charge in [0.15, 0.2) is 0 Å². The Balaban J connectivity index is 1.58.